The number of hydrogen-bond donors (Lipinski definition) is 0. The Kier molecular flexibility index (Phi) is 4.23. The molecule has 0 radical (unpaired) electrons. The minimum Gasteiger partial charge on any atom is -0.379 e. The Labute approximate surface area is 148 Å². The van der Waals surface area contributed by atoms with E-state index in [1.807, 2.05) is 17.0 Å². The summed E-state index contributed by atoms with van der Waals surface area (Å²) in [6.45, 7) is 2.72. The van der Waals surface area contributed by atoms with Crippen molar-refractivity contribution < 1.29 is 14.3 Å². The molecule has 3 fully saturated rings. The van der Waals surface area contributed by atoms with Crippen molar-refractivity contribution in [2.24, 2.45) is 11.3 Å². The van der Waals surface area contributed by atoms with Crippen LogP contribution in [-0.2, 0) is 14.3 Å². The van der Waals surface area contributed by atoms with Gasteiger partial charge in [0.2, 0.25) is 11.8 Å². The van der Waals surface area contributed by atoms with E-state index in [9.17, 15) is 9.59 Å². The Bertz CT molecular complexity index is 659. The van der Waals surface area contributed by atoms with Crippen molar-refractivity contribution in [3.05, 3.63) is 30.1 Å². The van der Waals surface area contributed by atoms with Crippen molar-refractivity contribution in [3.63, 3.8) is 0 Å². The summed E-state index contributed by atoms with van der Waals surface area (Å²) in [6.07, 6.45) is 7.23. The van der Waals surface area contributed by atoms with Gasteiger partial charge in [-0.15, -0.1) is 0 Å². The average molecular weight is 343 g/mol. The van der Waals surface area contributed by atoms with Crippen LogP contribution in [0.2, 0.25) is 0 Å². The number of ether oxygens (including phenoxy) is 1. The maximum absolute atomic E-state index is 13.3. The fourth-order valence-corrected chi connectivity index (χ4v) is 4.49. The normalized spacial score (nSPS) is 28.8. The summed E-state index contributed by atoms with van der Waals surface area (Å²) in [5.74, 6) is -0.225. The molecule has 1 aromatic heterocycles. The van der Waals surface area contributed by atoms with E-state index in [1.165, 1.54) is 6.42 Å². The molecule has 1 aromatic rings. The number of carbonyl (C=O) groups is 2. The van der Waals surface area contributed by atoms with Crippen LogP contribution in [-0.4, -0.2) is 59.9 Å². The molecule has 134 valence electrons. The van der Waals surface area contributed by atoms with Crippen LogP contribution in [0.1, 0.15) is 37.3 Å². The smallest absolute Gasteiger partial charge is 0.228 e. The van der Waals surface area contributed by atoms with Gasteiger partial charge in [0.25, 0.3) is 0 Å². The number of pyridine rings is 1. The topological polar surface area (TPSA) is 62.7 Å². The number of rotatable bonds is 2. The lowest BCUT2D eigenvalue weighted by atomic mass is 9.69. The minimum absolute atomic E-state index is 0.0247. The van der Waals surface area contributed by atoms with Gasteiger partial charge in [-0.1, -0.05) is 12.5 Å². The maximum Gasteiger partial charge on any atom is 0.228 e. The van der Waals surface area contributed by atoms with Crippen LogP contribution < -0.4 is 0 Å². The number of hydrogen-bond acceptors (Lipinski definition) is 4. The van der Waals surface area contributed by atoms with Gasteiger partial charge in [-0.05, 0) is 24.5 Å². The first-order valence-electron chi connectivity index (χ1n) is 9.12. The van der Waals surface area contributed by atoms with Gasteiger partial charge in [-0.2, -0.15) is 0 Å². The van der Waals surface area contributed by atoms with Crippen LogP contribution in [0.5, 0.6) is 0 Å². The zero-order chi connectivity index (χ0) is 17.4. The Morgan fingerprint density at radius 3 is 2.92 bits per heavy atom. The average Bonchev–Trinajstić information content (AvgIpc) is 2.78. The number of aromatic nitrogens is 1. The third kappa shape index (κ3) is 2.92. The van der Waals surface area contributed by atoms with Crippen LogP contribution >= 0.6 is 0 Å². The predicted molar refractivity (Wildman–Crippen MR) is 91.5 cm³/mol. The molecule has 0 N–H and O–H groups in total. The van der Waals surface area contributed by atoms with Crippen molar-refractivity contribution in [1.29, 1.82) is 0 Å². The molecule has 6 nitrogen and oxygen atoms in total. The molecule has 2 atom stereocenters. The van der Waals surface area contributed by atoms with Gasteiger partial charge in [0.05, 0.1) is 25.2 Å². The van der Waals surface area contributed by atoms with Crippen LogP contribution in [0.4, 0.5) is 0 Å². The highest BCUT2D eigenvalue weighted by molar-refractivity contribution is 5.90. The highest BCUT2D eigenvalue weighted by Crippen LogP contribution is 2.44. The third-order valence-corrected chi connectivity index (χ3v) is 6.10. The molecule has 3 heterocycles. The first kappa shape index (κ1) is 16.5. The zero-order valence-corrected chi connectivity index (χ0v) is 14.7. The summed E-state index contributed by atoms with van der Waals surface area (Å²) in [4.78, 5) is 33.5. The highest BCUT2D eigenvalue weighted by atomic mass is 16.5. The molecule has 1 aliphatic carbocycles. The fourth-order valence-electron chi connectivity index (χ4n) is 4.49. The lowest BCUT2D eigenvalue weighted by molar-refractivity contribution is -0.138. The van der Waals surface area contributed by atoms with Gasteiger partial charge in [0.15, 0.2) is 0 Å². The van der Waals surface area contributed by atoms with Gasteiger partial charge < -0.3 is 14.5 Å². The third-order valence-electron chi connectivity index (χ3n) is 6.10. The molecule has 25 heavy (non-hydrogen) atoms. The summed E-state index contributed by atoms with van der Waals surface area (Å²) in [5.41, 5.74) is 1.07. The van der Waals surface area contributed by atoms with Gasteiger partial charge in [-0.25, -0.2) is 0 Å². The molecule has 6 heteroatoms. The van der Waals surface area contributed by atoms with E-state index in [-0.39, 0.29) is 35.6 Å². The highest BCUT2D eigenvalue weighted by Gasteiger charge is 2.47. The summed E-state index contributed by atoms with van der Waals surface area (Å²) >= 11 is 0. The summed E-state index contributed by atoms with van der Waals surface area (Å²) in [5, 5.41) is 0. The number of nitrogens with zero attached hydrogens (tertiary/aromatic N) is 3. The standard InChI is InChI=1S/C19H25N3O3/c1-21-16(23)10-15(17(21)14-4-2-7-20-11-14)18(24)22-8-9-25-13-19(12-22)5-3-6-19/h2,4,7,11,15,17H,3,5-6,8-10,12-13H2,1H3/t15-,17+/m1/s1. The van der Waals surface area contributed by atoms with Crippen molar-refractivity contribution in [3.8, 4) is 0 Å². The van der Waals surface area contributed by atoms with Crippen LogP contribution in [0.15, 0.2) is 24.5 Å². The van der Waals surface area contributed by atoms with Gasteiger partial charge in [0.1, 0.15) is 0 Å². The molecule has 3 aliphatic rings. The van der Waals surface area contributed by atoms with Crippen LogP contribution in [0.3, 0.4) is 0 Å². The minimum atomic E-state index is -0.336. The van der Waals surface area contributed by atoms with Crippen LogP contribution in [0.25, 0.3) is 0 Å². The second-order valence-corrected chi connectivity index (χ2v) is 7.71. The quantitative estimate of drug-likeness (QED) is 0.819. The lowest BCUT2D eigenvalue weighted by Crippen LogP contribution is -2.47. The first-order chi connectivity index (χ1) is 12.1. The second-order valence-electron chi connectivity index (χ2n) is 7.71. The van der Waals surface area contributed by atoms with Crippen molar-refractivity contribution in [1.82, 2.24) is 14.8 Å². The molecule has 2 aliphatic heterocycles. The second kappa shape index (κ2) is 6.41. The molecule has 0 unspecified atom stereocenters. The molecular weight excluding hydrogens is 318 g/mol. The Balaban J connectivity index is 1.58. The largest absolute Gasteiger partial charge is 0.379 e. The monoisotopic (exact) mass is 343 g/mol. The summed E-state index contributed by atoms with van der Waals surface area (Å²) in [7, 11) is 1.78. The Morgan fingerprint density at radius 1 is 1.40 bits per heavy atom. The van der Waals surface area contributed by atoms with E-state index >= 15 is 0 Å². The molecule has 1 saturated carbocycles. The van der Waals surface area contributed by atoms with Crippen molar-refractivity contribution >= 4 is 11.8 Å². The molecule has 2 amide bonds. The van der Waals surface area contributed by atoms with E-state index in [2.05, 4.69) is 4.98 Å². The zero-order valence-electron chi connectivity index (χ0n) is 14.7. The summed E-state index contributed by atoms with van der Waals surface area (Å²) in [6, 6.07) is 3.58. The molecule has 0 aromatic carbocycles. The van der Waals surface area contributed by atoms with E-state index < -0.39 is 0 Å². The van der Waals surface area contributed by atoms with E-state index in [0.717, 1.165) is 31.6 Å². The first-order valence-corrected chi connectivity index (χ1v) is 9.12. The van der Waals surface area contributed by atoms with Crippen LogP contribution in [0, 0.1) is 11.3 Å². The number of amides is 2. The summed E-state index contributed by atoms with van der Waals surface area (Å²) < 4.78 is 5.77. The Morgan fingerprint density at radius 2 is 2.24 bits per heavy atom. The molecule has 2 saturated heterocycles. The van der Waals surface area contributed by atoms with E-state index in [1.54, 1.807) is 24.3 Å². The number of likely N-dealkylation sites (tertiary alicyclic amines) is 1. The number of carbonyl (C=O) groups excluding carboxylic acids is 2. The molecule has 1 spiro atoms. The van der Waals surface area contributed by atoms with Gasteiger partial charge in [0, 0.05) is 44.4 Å². The van der Waals surface area contributed by atoms with Gasteiger partial charge in [-0.3, -0.25) is 14.6 Å². The van der Waals surface area contributed by atoms with E-state index in [4.69, 9.17) is 4.74 Å². The van der Waals surface area contributed by atoms with Gasteiger partial charge >= 0.3 is 0 Å². The fraction of sp³-hybridized carbons (Fsp3) is 0.632. The van der Waals surface area contributed by atoms with Crippen molar-refractivity contribution in [2.75, 3.05) is 33.4 Å². The van der Waals surface area contributed by atoms with Crippen molar-refractivity contribution in [2.45, 2.75) is 31.7 Å². The molecule has 0 bridgehead atoms. The predicted octanol–water partition coefficient (Wildman–Crippen LogP) is 1.63. The Hall–Kier alpha value is -1.95. The SMILES string of the molecule is CN1C(=O)C[C@@H](C(=O)N2CCOCC3(CCC3)C2)[C@@H]1c1cccnc1. The molecule has 4 rings (SSSR count). The maximum atomic E-state index is 13.3. The van der Waals surface area contributed by atoms with E-state index in [0.29, 0.717) is 13.2 Å². The molecular formula is C19H25N3O3. The lowest BCUT2D eigenvalue weighted by Gasteiger charge is -2.43.